The van der Waals surface area contributed by atoms with Crippen LogP contribution in [0.5, 0.6) is 0 Å². The molecule has 0 heterocycles. The van der Waals surface area contributed by atoms with Crippen LogP contribution in [-0.4, -0.2) is 73.4 Å². The zero-order valence-electron chi connectivity index (χ0n) is 39.5. The molecule has 0 fully saturated rings. The second-order valence-corrected chi connectivity index (χ2v) is 19.6. The lowest BCUT2D eigenvalue weighted by molar-refractivity contribution is -0.870. The molecule has 3 atom stereocenters. The van der Waals surface area contributed by atoms with E-state index in [4.69, 9.17) is 9.05 Å². The Balaban J connectivity index is 4.25. The first kappa shape index (κ1) is 57.7. The molecule has 0 aromatic carbocycles. The van der Waals surface area contributed by atoms with Crippen LogP contribution in [0.3, 0.4) is 0 Å². The van der Waals surface area contributed by atoms with Crippen molar-refractivity contribution in [1.29, 1.82) is 0 Å². The fraction of sp³-hybridized carbons (Fsp3) is 0.860. The molecule has 9 heteroatoms. The third-order valence-electron chi connectivity index (χ3n) is 11.1. The van der Waals surface area contributed by atoms with Gasteiger partial charge in [-0.05, 0) is 44.9 Å². The normalized spacial score (nSPS) is 14.5. The Bertz CT molecular complexity index is 1060. The van der Waals surface area contributed by atoms with Crippen LogP contribution in [0.15, 0.2) is 36.5 Å². The van der Waals surface area contributed by atoms with Gasteiger partial charge in [-0.25, -0.2) is 4.57 Å². The van der Waals surface area contributed by atoms with E-state index in [0.29, 0.717) is 17.4 Å². The van der Waals surface area contributed by atoms with E-state index < -0.39 is 20.0 Å². The third kappa shape index (κ3) is 44.6. The van der Waals surface area contributed by atoms with Gasteiger partial charge in [0.25, 0.3) is 0 Å². The van der Waals surface area contributed by atoms with E-state index >= 15 is 0 Å². The summed E-state index contributed by atoms with van der Waals surface area (Å²) in [4.78, 5) is 23.1. The topological polar surface area (TPSA) is 105 Å². The maximum atomic E-state index is 12.8. The lowest BCUT2D eigenvalue weighted by atomic mass is 10.0. The molecule has 0 aromatic heterocycles. The predicted molar refractivity (Wildman–Crippen MR) is 254 cm³/mol. The number of aliphatic hydroxyl groups excluding tert-OH is 1. The Morgan fingerprint density at radius 1 is 0.559 bits per heavy atom. The monoisotopic (exact) mass is 854 g/mol. The minimum atomic E-state index is -4.35. The van der Waals surface area contributed by atoms with Crippen molar-refractivity contribution in [2.45, 2.75) is 238 Å². The second-order valence-electron chi connectivity index (χ2n) is 18.2. The van der Waals surface area contributed by atoms with Gasteiger partial charge in [-0.15, -0.1) is 0 Å². The molecule has 8 nitrogen and oxygen atoms in total. The zero-order chi connectivity index (χ0) is 43.6. The van der Waals surface area contributed by atoms with Crippen molar-refractivity contribution in [1.82, 2.24) is 5.32 Å². The smallest absolute Gasteiger partial charge is 0.387 e. The van der Waals surface area contributed by atoms with E-state index in [2.05, 4.69) is 43.5 Å². The Morgan fingerprint density at radius 3 is 1.36 bits per heavy atom. The van der Waals surface area contributed by atoms with Gasteiger partial charge >= 0.3 is 7.82 Å². The number of carbonyl (C=O) groups is 1. The van der Waals surface area contributed by atoms with Gasteiger partial charge in [0.2, 0.25) is 5.91 Å². The molecule has 0 aromatic rings. The first-order chi connectivity index (χ1) is 28.5. The SMILES string of the molecule is CCCCCCCCCCCCCCCCCCC/C=C/CC/C=C/CC/C=C/C(O)C(COP(=O)(O)OCC[N+](C)(C)C)NC(=O)CCCCCCCCCCCC. The Hall–Kier alpha value is -1.28. The van der Waals surface area contributed by atoms with Crippen molar-refractivity contribution in [3.05, 3.63) is 36.5 Å². The fourth-order valence-electron chi connectivity index (χ4n) is 7.13. The summed E-state index contributed by atoms with van der Waals surface area (Å²) in [6.45, 7) is 4.78. The fourth-order valence-corrected chi connectivity index (χ4v) is 7.87. The molecule has 0 bridgehead atoms. The number of likely N-dealkylation sites (N-methyl/N-ethyl adjacent to an activating group) is 1. The first-order valence-corrected chi connectivity index (χ1v) is 26.4. The average molecular weight is 854 g/mol. The molecular formula is C50H98N2O6P+. The maximum Gasteiger partial charge on any atom is 0.472 e. The van der Waals surface area contributed by atoms with Crippen LogP contribution in [-0.2, 0) is 18.4 Å². The van der Waals surface area contributed by atoms with Gasteiger partial charge in [-0.1, -0.05) is 211 Å². The second kappa shape index (κ2) is 42.0. The molecule has 0 spiro atoms. The summed E-state index contributed by atoms with van der Waals surface area (Å²) in [6, 6.07) is -0.865. The zero-order valence-corrected chi connectivity index (χ0v) is 40.4. The van der Waals surface area contributed by atoms with Crippen LogP contribution >= 0.6 is 7.82 Å². The number of nitrogens with zero attached hydrogens (tertiary/aromatic N) is 1. The van der Waals surface area contributed by atoms with Gasteiger partial charge in [0.15, 0.2) is 0 Å². The van der Waals surface area contributed by atoms with Crippen LogP contribution < -0.4 is 5.32 Å². The van der Waals surface area contributed by atoms with Crippen LogP contribution in [0.2, 0.25) is 0 Å². The molecule has 348 valence electrons. The highest BCUT2D eigenvalue weighted by atomic mass is 31.2. The maximum absolute atomic E-state index is 12.8. The number of rotatable bonds is 45. The van der Waals surface area contributed by atoms with Gasteiger partial charge in [0, 0.05) is 6.42 Å². The molecule has 3 N–H and O–H groups in total. The molecule has 0 radical (unpaired) electrons. The number of aliphatic hydroxyl groups is 1. The number of phosphoric ester groups is 1. The summed E-state index contributed by atoms with van der Waals surface area (Å²) in [5, 5.41) is 13.8. The van der Waals surface area contributed by atoms with E-state index in [9.17, 15) is 19.4 Å². The van der Waals surface area contributed by atoms with Crippen LogP contribution in [0, 0.1) is 0 Å². The van der Waals surface area contributed by atoms with E-state index in [1.165, 1.54) is 161 Å². The van der Waals surface area contributed by atoms with E-state index in [1.54, 1.807) is 6.08 Å². The lowest BCUT2D eigenvalue weighted by Gasteiger charge is -2.25. The van der Waals surface area contributed by atoms with Gasteiger partial charge in [-0.3, -0.25) is 13.8 Å². The average Bonchev–Trinajstić information content (AvgIpc) is 3.19. The number of hydrogen-bond acceptors (Lipinski definition) is 5. The number of allylic oxidation sites excluding steroid dienone is 5. The van der Waals surface area contributed by atoms with Crippen molar-refractivity contribution < 1.29 is 32.9 Å². The van der Waals surface area contributed by atoms with E-state index in [-0.39, 0.29) is 19.1 Å². The highest BCUT2D eigenvalue weighted by Crippen LogP contribution is 2.43. The summed E-state index contributed by atoms with van der Waals surface area (Å²) in [5.41, 5.74) is 0. The minimum Gasteiger partial charge on any atom is -0.387 e. The number of carbonyl (C=O) groups excluding carboxylic acids is 1. The summed E-state index contributed by atoms with van der Waals surface area (Å²) < 4.78 is 23.5. The lowest BCUT2D eigenvalue weighted by Crippen LogP contribution is -2.45. The molecular weight excluding hydrogens is 756 g/mol. The number of amides is 1. The molecule has 3 unspecified atom stereocenters. The number of quaternary nitrogens is 1. The Kier molecular flexibility index (Phi) is 41.1. The molecule has 0 aliphatic carbocycles. The molecule has 1 amide bonds. The number of hydrogen-bond donors (Lipinski definition) is 3. The van der Waals surface area contributed by atoms with E-state index in [0.717, 1.165) is 44.9 Å². The van der Waals surface area contributed by atoms with Gasteiger partial charge in [0.1, 0.15) is 13.2 Å². The van der Waals surface area contributed by atoms with Crippen molar-refractivity contribution >= 4 is 13.7 Å². The van der Waals surface area contributed by atoms with Crippen molar-refractivity contribution in [3.63, 3.8) is 0 Å². The number of unbranched alkanes of at least 4 members (excludes halogenated alkanes) is 28. The van der Waals surface area contributed by atoms with Crippen LogP contribution in [0.4, 0.5) is 0 Å². The van der Waals surface area contributed by atoms with Gasteiger partial charge < -0.3 is 19.8 Å². The van der Waals surface area contributed by atoms with Crippen LogP contribution in [0.25, 0.3) is 0 Å². The van der Waals surface area contributed by atoms with Crippen molar-refractivity contribution in [2.24, 2.45) is 0 Å². The summed E-state index contributed by atoms with van der Waals surface area (Å²) >= 11 is 0. The molecule has 59 heavy (non-hydrogen) atoms. The molecule has 0 saturated carbocycles. The van der Waals surface area contributed by atoms with Gasteiger partial charge in [0.05, 0.1) is 39.9 Å². The Morgan fingerprint density at radius 2 is 0.932 bits per heavy atom. The van der Waals surface area contributed by atoms with Crippen molar-refractivity contribution in [3.8, 4) is 0 Å². The van der Waals surface area contributed by atoms with Crippen LogP contribution in [0.1, 0.15) is 226 Å². The molecule has 0 aliphatic rings. The van der Waals surface area contributed by atoms with Gasteiger partial charge in [-0.2, -0.15) is 0 Å². The highest BCUT2D eigenvalue weighted by molar-refractivity contribution is 7.47. The standard InChI is InChI=1S/C50H97N2O6P/c1-6-8-10-12-14-16-18-19-20-21-22-23-24-25-26-27-28-29-30-31-32-33-34-35-37-39-41-43-49(53)48(47-58-59(55,56)57-46-45-52(3,4)5)51-50(54)44-42-40-38-36-17-15-13-11-9-7-2/h30-31,34-35,41,43,48-49,53H,6-29,32-33,36-40,42,44-47H2,1-5H3,(H-,51,54,55,56)/p+1/b31-30+,35-34+,43-41+. The molecule has 0 aliphatic heterocycles. The number of phosphoric acid groups is 1. The predicted octanol–water partition coefficient (Wildman–Crippen LogP) is 14.3. The largest absolute Gasteiger partial charge is 0.472 e. The minimum absolute atomic E-state index is 0.0545. The summed E-state index contributed by atoms with van der Waals surface area (Å²) in [5.74, 6) is -0.193. The van der Waals surface area contributed by atoms with Crippen molar-refractivity contribution in [2.75, 3.05) is 40.9 Å². The molecule has 0 saturated heterocycles. The van der Waals surface area contributed by atoms with E-state index in [1.807, 2.05) is 27.2 Å². The summed E-state index contributed by atoms with van der Waals surface area (Å²) in [7, 11) is 1.55. The summed E-state index contributed by atoms with van der Waals surface area (Å²) in [6.07, 6.45) is 52.5. The molecule has 0 rings (SSSR count). The Labute approximate surface area is 366 Å². The highest BCUT2D eigenvalue weighted by Gasteiger charge is 2.27. The first-order valence-electron chi connectivity index (χ1n) is 24.9. The number of nitrogens with one attached hydrogen (secondary N) is 1. The third-order valence-corrected chi connectivity index (χ3v) is 12.1. The quantitative estimate of drug-likeness (QED) is 0.0244.